The molecule has 5 nitrogen and oxygen atoms in total. The van der Waals surface area contributed by atoms with Crippen molar-refractivity contribution in [1.82, 2.24) is 14.9 Å². The maximum Gasteiger partial charge on any atom is 0.241 e. The first-order chi connectivity index (χ1) is 11.8. The van der Waals surface area contributed by atoms with Crippen molar-refractivity contribution in [2.45, 2.75) is 51.1 Å². The minimum Gasteiger partial charge on any atom is -0.328 e. The molecule has 0 radical (unpaired) electrons. The summed E-state index contributed by atoms with van der Waals surface area (Å²) in [5.41, 5.74) is 3.29. The summed E-state index contributed by atoms with van der Waals surface area (Å²) < 4.78 is 2.32. The molecule has 3 heterocycles. The smallest absolute Gasteiger partial charge is 0.241 e. The Bertz CT molecular complexity index is 724. The van der Waals surface area contributed by atoms with Gasteiger partial charge in [0.05, 0.1) is 6.04 Å². The van der Waals surface area contributed by atoms with Gasteiger partial charge in [0, 0.05) is 29.7 Å². The van der Waals surface area contributed by atoms with Gasteiger partial charge in [0.25, 0.3) is 0 Å². The Labute approximate surface area is 166 Å². The van der Waals surface area contributed by atoms with Gasteiger partial charge in [0.2, 0.25) is 5.91 Å². The number of aromatic nitrogens is 2. The molecule has 2 aromatic rings. The summed E-state index contributed by atoms with van der Waals surface area (Å²) in [5.74, 6) is 1.11. The number of halogens is 2. The number of hydrogen-bond donors (Lipinski definition) is 2. The Hall–Kier alpha value is -1.56. The summed E-state index contributed by atoms with van der Waals surface area (Å²) in [6.45, 7) is 1.98. The second-order valence-electron chi connectivity index (χ2n) is 6.75. The number of nitrogens with one attached hydrogen (secondary N) is 2. The molecule has 7 heteroatoms. The van der Waals surface area contributed by atoms with Crippen LogP contribution >= 0.6 is 24.8 Å². The number of aryl methyl sites for hydroxylation is 1. The van der Waals surface area contributed by atoms with Crippen LogP contribution in [0.4, 0.5) is 5.69 Å². The number of benzene rings is 1. The molecule has 4 rings (SSSR count). The molecule has 1 saturated heterocycles. The van der Waals surface area contributed by atoms with E-state index < -0.39 is 0 Å². The topological polar surface area (TPSA) is 59.0 Å². The fraction of sp³-hybridized carbons (Fsp3) is 0.474. The predicted octanol–water partition coefficient (Wildman–Crippen LogP) is 3.81. The highest BCUT2D eigenvalue weighted by atomic mass is 35.5. The van der Waals surface area contributed by atoms with E-state index in [1.165, 1.54) is 18.5 Å². The molecule has 1 aromatic heterocycles. The zero-order chi connectivity index (χ0) is 16.4. The summed E-state index contributed by atoms with van der Waals surface area (Å²) in [5, 5.41) is 6.30. The van der Waals surface area contributed by atoms with E-state index in [1.807, 2.05) is 30.5 Å². The van der Waals surface area contributed by atoms with Crippen molar-refractivity contribution in [3.8, 4) is 11.4 Å². The van der Waals surface area contributed by atoms with Gasteiger partial charge in [-0.2, -0.15) is 0 Å². The maximum absolute atomic E-state index is 12.3. The van der Waals surface area contributed by atoms with Crippen molar-refractivity contribution >= 4 is 36.4 Å². The molecule has 1 aromatic carbocycles. The van der Waals surface area contributed by atoms with E-state index in [4.69, 9.17) is 0 Å². The number of imidazole rings is 1. The molecule has 2 aliphatic rings. The lowest BCUT2D eigenvalue weighted by molar-refractivity contribution is -0.118. The van der Waals surface area contributed by atoms with E-state index in [1.54, 1.807) is 0 Å². The lowest BCUT2D eigenvalue weighted by Gasteiger charge is -2.22. The SMILES string of the molecule is Cl.Cl.O=C(Nc1ccc(-c2ncc3n2CCCC3)cc1)[C@H]1CCCCN1. The third-order valence-electron chi connectivity index (χ3n) is 5.04. The highest BCUT2D eigenvalue weighted by Crippen LogP contribution is 2.25. The molecule has 0 spiro atoms. The van der Waals surface area contributed by atoms with Gasteiger partial charge in [0.15, 0.2) is 0 Å². The molecule has 2 aliphatic heterocycles. The third kappa shape index (κ3) is 4.40. The summed E-state index contributed by atoms with van der Waals surface area (Å²) in [7, 11) is 0. The van der Waals surface area contributed by atoms with Crippen molar-refractivity contribution < 1.29 is 4.79 Å². The summed E-state index contributed by atoms with van der Waals surface area (Å²) in [4.78, 5) is 16.9. The second-order valence-corrected chi connectivity index (χ2v) is 6.75. The van der Waals surface area contributed by atoms with E-state index in [2.05, 4.69) is 20.2 Å². The molecule has 0 bridgehead atoms. The number of amides is 1. The highest BCUT2D eigenvalue weighted by Gasteiger charge is 2.20. The van der Waals surface area contributed by atoms with Gasteiger partial charge in [-0.1, -0.05) is 6.42 Å². The number of piperidine rings is 1. The van der Waals surface area contributed by atoms with Crippen LogP contribution < -0.4 is 10.6 Å². The Kier molecular flexibility index (Phi) is 7.50. The standard InChI is InChI=1S/C19H24N4O.2ClH/c24-19(17-6-1-3-11-20-17)22-15-9-7-14(8-10-15)18-21-13-16-5-2-4-12-23(16)18;;/h7-10,13,17,20H,1-6,11-12H2,(H,22,24);2*1H/t17-;;/m1../s1. The van der Waals surface area contributed by atoms with Crippen molar-refractivity contribution in [2.75, 3.05) is 11.9 Å². The maximum atomic E-state index is 12.3. The van der Waals surface area contributed by atoms with Gasteiger partial charge in [0.1, 0.15) is 5.82 Å². The van der Waals surface area contributed by atoms with E-state index in [-0.39, 0.29) is 36.8 Å². The van der Waals surface area contributed by atoms with Gasteiger partial charge in [-0.05, 0) is 62.9 Å². The van der Waals surface area contributed by atoms with Crippen LogP contribution in [0.3, 0.4) is 0 Å². The Morgan fingerprint density at radius 2 is 1.92 bits per heavy atom. The number of carbonyl (C=O) groups is 1. The first-order valence-corrected chi connectivity index (χ1v) is 9.00. The van der Waals surface area contributed by atoms with Crippen molar-refractivity contribution in [2.24, 2.45) is 0 Å². The average Bonchev–Trinajstić information content (AvgIpc) is 3.07. The van der Waals surface area contributed by atoms with E-state index in [9.17, 15) is 4.79 Å². The van der Waals surface area contributed by atoms with Crippen LogP contribution in [0.25, 0.3) is 11.4 Å². The van der Waals surface area contributed by atoms with Crippen LogP contribution in [0.15, 0.2) is 30.5 Å². The van der Waals surface area contributed by atoms with Gasteiger partial charge in [-0.25, -0.2) is 4.98 Å². The Morgan fingerprint density at radius 3 is 2.65 bits per heavy atom. The lowest BCUT2D eigenvalue weighted by Crippen LogP contribution is -2.43. The predicted molar refractivity (Wildman–Crippen MR) is 109 cm³/mol. The van der Waals surface area contributed by atoms with Gasteiger partial charge in [-0.15, -0.1) is 24.8 Å². The van der Waals surface area contributed by atoms with Crippen molar-refractivity contribution in [3.05, 3.63) is 36.2 Å². The van der Waals surface area contributed by atoms with E-state index >= 15 is 0 Å². The fourth-order valence-corrected chi connectivity index (χ4v) is 3.67. The molecule has 0 saturated carbocycles. The number of nitrogens with zero attached hydrogens (tertiary/aromatic N) is 2. The number of carbonyl (C=O) groups excluding carboxylic acids is 1. The molecular weight excluding hydrogens is 371 g/mol. The molecule has 1 amide bonds. The third-order valence-corrected chi connectivity index (χ3v) is 5.04. The number of fused-ring (bicyclic) bond motifs is 1. The molecule has 26 heavy (non-hydrogen) atoms. The molecule has 0 unspecified atom stereocenters. The van der Waals surface area contributed by atoms with Crippen LogP contribution in [0.2, 0.25) is 0 Å². The second kappa shape index (κ2) is 9.40. The fourth-order valence-electron chi connectivity index (χ4n) is 3.67. The number of hydrogen-bond acceptors (Lipinski definition) is 3. The molecule has 1 fully saturated rings. The van der Waals surface area contributed by atoms with Gasteiger partial charge in [-0.3, -0.25) is 4.79 Å². The average molecular weight is 397 g/mol. The lowest BCUT2D eigenvalue weighted by atomic mass is 10.0. The van der Waals surface area contributed by atoms with Gasteiger partial charge >= 0.3 is 0 Å². The van der Waals surface area contributed by atoms with Crippen molar-refractivity contribution in [3.63, 3.8) is 0 Å². The zero-order valence-electron chi connectivity index (χ0n) is 14.7. The van der Waals surface area contributed by atoms with Gasteiger partial charge < -0.3 is 15.2 Å². The van der Waals surface area contributed by atoms with E-state index in [0.29, 0.717) is 0 Å². The first kappa shape index (κ1) is 20.7. The number of rotatable bonds is 3. The van der Waals surface area contributed by atoms with Crippen LogP contribution in [0.5, 0.6) is 0 Å². The van der Waals surface area contributed by atoms with E-state index in [0.717, 1.165) is 55.8 Å². The minimum atomic E-state index is -0.0576. The van der Waals surface area contributed by atoms with Crippen LogP contribution in [-0.2, 0) is 17.8 Å². The largest absolute Gasteiger partial charge is 0.328 e. The highest BCUT2D eigenvalue weighted by molar-refractivity contribution is 5.95. The molecule has 0 aliphatic carbocycles. The Balaban J connectivity index is 0.00000121. The summed E-state index contributed by atoms with van der Waals surface area (Å²) in [6.07, 6.45) is 8.80. The molecular formula is C19H26Cl2N4O. The minimum absolute atomic E-state index is 0. The molecule has 1 atom stereocenters. The summed E-state index contributed by atoms with van der Waals surface area (Å²) in [6, 6.07) is 7.99. The quantitative estimate of drug-likeness (QED) is 0.828. The van der Waals surface area contributed by atoms with Crippen molar-refractivity contribution in [1.29, 1.82) is 0 Å². The number of anilines is 1. The van der Waals surface area contributed by atoms with Crippen LogP contribution in [-0.4, -0.2) is 28.0 Å². The van der Waals surface area contributed by atoms with Crippen LogP contribution in [0.1, 0.15) is 37.8 Å². The Morgan fingerprint density at radius 1 is 1.12 bits per heavy atom. The molecule has 142 valence electrons. The zero-order valence-corrected chi connectivity index (χ0v) is 16.4. The monoisotopic (exact) mass is 396 g/mol. The first-order valence-electron chi connectivity index (χ1n) is 9.00. The summed E-state index contributed by atoms with van der Waals surface area (Å²) >= 11 is 0. The molecule has 2 N–H and O–H groups in total. The van der Waals surface area contributed by atoms with Crippen LogP contribution in [0, 0.1) is 0 Å². The normalized spacial score (nSPS) is 18.8.